The van der Waals surface area contributed by atoms with E-state index in [1.165, 1.54) is 25.3 Å². The van der Waals surface area contributed by atoms with E-state index in [-0.39, 0.29) is 23.7 Å². The molecule has 0 aliphatic rings. The quantitative estimate of drug-likeness (QED) is 0.631. The molecule has 6 nitrogen and oxygen atoms in total. The number of amides is 2. The van der Waals surface area contributed by atoms with Crippen molar-refractivity contribution in [3.63, 3.8) is 0 Å². The van der Waals surface area contributed by atoms with Gasteiger partial charge in [0.15, 0.2) is 18.1 Å². The topological polar surface area (TPSA) is 79.8 Å². The third kappa shape index (κ3) is 6.82. The molecular weight excluding hydrogens is 401 g/mol. The van der Waals surface area contributed by atoms with E-state index in [4.69, 9.17) is 21.1 Å². The van der Waals surface area contributed by atoms with Crippen LogP contribution in [-0.2, 0) is 0 Å². The van der Waals surface area contributed by atoms with Gasteiger partial charge in [0.05, 0.1) is 13.2 Å². The van der Waals surface area contributed by atoms with Gasteiger partial charge in [-0.25, -0.2) is 4.79 Å². The first-order chi connectivity index (χ1) is 13.2. The summed E-state index contributed by atoms with van der Waals surface area (Å²) in [6, 6.07) is 9.83. The summed E-state index contributed by atoms with van der Waals surface area (Å²) in [6.45, 7) is -1.58. The van der Waals surface area contributed by atoms with E-state index >= 15 is 0 Å². The van der Waals surface area contributed by atoms with Crippen LogP contribution in [0.1, 0.15) is 11.7 Å². The minimum absolute atomic E-state index is 0.0823. The maximum absolute atomic E-state index is 12.3. The molecule has 0 fully saturated rings. The molecule has 0 aromatic heterocycles. The molecule has 2 aromatic rings. The Labute approximate surface area is 164 Å². The predicted octanol–water partition coefficient (Wildman–Crippen LogP) is 4.14. The van der Waals surface area contributed by atoms with Gasteiger partial charge in [-0.3, -0.25) is 0 Å². The van der Waals surface area contributed by atoms with Gasteiger partial charge < -0.3 is 25.2 Å². The van der Waals surface area contributed by atoms with E-state index in [1.54, 1.807) is 24.3 Å². The highest BCUT2D eigenvalue weighted by Crippen LogP contribution is 2.31. The summed E-state index contributed by atoms with van der Waals surface area (Å²) in [5, 5.41) is 15.5. The van der Waals surface area contributed by atoms with Crippen LogP contribution >= 0.6 is 11.6 Å². The number of hydrogen-bond donors (Lipinski definition) is 3. The zero-order valence-electron chi connectivity index (χ0n) is 14.7. The highest BCUT2D eigenvalue weighted by Gasteiger charge is 2.29. The van der Waals surface area contributed by atoms with Crippen molar-refractivity contribution in [2.45, 2.75) is 12.3 Å². The number of benzene rings is 2. The Morgan fingerprint density at radius 2 is 1.86 bits per heavy atom. The number of aliphatic hydroxyl groups is 1. The molecule has 152 valence electrons. The van der Waals surface area contributed by atoms with Crippen LogP contribution in [0.3, 0.4) is 0 Å². The minimum Gasteiger partial charge on any atom is -0.493 e. The molecule has 0 aliphatic heterocycles. The monoisotopic (exact) mass is 418 g/mol. The number of aliphatic hydroxyl groups excluding tert-OH is 1. The van der Waals surface area contributed by atoms with Crippen molar-refractivity contribution >= 4 is 23.3 Å². The first-order valence-corrected chi connectivity index (χ1v) is 8.41. The fourth-order valence-electron chi connectivity index (χ4n) is 2.19. The number of anilines is 1. The lowest BCUT2D eigenvalue weighted by Crippen LogP contribution is -2.32. The second kappa shape index (κ2) is 9.52. The van der Waals surface area contributed by atoms with Crippen LogP contribution in [0, 0.1) is 0 Å². The van der Waals surface area contributed by atoms with Crippen molar-refractivity contribution in [3.05, 3.63) is 53.1 Å². The molecule has 0 spiro atoms. The Hall–Kier alpha value is -2.65. The first-order valence-electron chi connectivity index (χ1n) is 8.04. The standard InChI is InChI=1S/C18H18ClF3N2O4/c1-27-15-7-6-13(8-16(15)28-10-18(20,21)22)24-17(26)23-9-14(25)11-2-4-12(19)5-3-11/h2-8,14,25H,9-10H2,1H3,(H2,23,24,26). The molecule has 0 aliphatic carbocycles. The summed E-state index contributed by atoms with van der Waals surface area (Å²) in [6.07, 6.45) is -5.46. The number of urea groups is 1. The Kier molecular flexibility index (Phi) is 7.36. The van der Waals surface area contributed by atoms with Crippen molar-refractivity contribution < 1.29 is 32.5 Å². The Bertz CT molecular complexity index is 800. The van der Waals surface area contributed by atoms with Crippen molar-refractivity contribution in [1.29, 1.82) is 0 Å². The summed E-state index contributed by atoms with van der Waals surface area (Å²) in [4.78, 5) is 12.0. The van der Waals surface area contributed by atoms with Gasteiger partial charge in [-0.2, -0.15) is 13.2 Å². The molecule has 0 saturated carbocycles. The number of alkyl halides is 3. The van der Waals surface area contributed by atoms with Crippen LogP contribution in [0.15, 0.2) is 42.5 Å². The smallest absolute Gasteiger partial charge is 0.422 e. The largest absolute Gasteiger partial charge is 0.493 e. The first kappa shape index (κ1) is 21.6. The fourth-order valence-corrected chi connectivity index (χ4v) is 2.32. The third-order valence-corrected chi connectivity index (χ3v) is 3.78. The van der Waals surface area contributed by atoms with Gasteiger partial charge in [-0.15, -0.1) is 0 Å². The van der Waals surface area contributed by atoms with Gasteiger partial charge in [0, 0.05) is 23.3 Å². The summed E-state index contributed by atoms with van der Waals surface area (Å²) in [5.74, 6) is -0.0767. The lowest BCUT2D eigenvalue weighted by Gasteiger charge is -2.15. The molecule has 2 aromatic carbocycles. The molecule has 0 heterocycles. The highest BCUT2D eigenvalue weighted by molar-refractivity contribution is 6.30. The van der Waals surface area contributed by atoms with Gasteiger partial charge in [-0.1, -0.05) is 23.7 Å². The van der Waals surface area contributed by atoms with Crippen molar-refractivity contribution in [2.75, 3.05) is 25.6 Å². The van der Waals surface area contributed by atoms with Gasteiger partial charge in [-0.05, 0) is 29.8 Å². The van der Waals surface area contributed by atoms with Crippen LogP contribution in [-0.4, -0.2) is 37.6 Å². The molecule has 2 amide bonds. The average Bonchev–Trinajstić information content (AvgIpc) is 2.64. The molecule has 0 saturated heterocycles. The number of halogens is 4. The van der Waals surface area contributed by atoms with E-state index in [2.05, 4.69) is 10.6 Å². The summed E-state index contributed by atoms with van der Waals surface area (Å²) in [7, 11) is 1.29. The summed E-state index contributed by atoms with van der Waals surface area (Å²) in [5.41, 5.74) is 0.758. The van der Waals surface area contributed by atoms with Gasteiger partial charge in [0.2, 0.25) is 0 Å². The number of ether oxygens (including phenoxy) is 2. The van der Waals surface area contributed by atoms with Crippen molar-refractivity contribution in [3.8, 4) is 11.5 Å². The predicted molar refractivity (Wildman–Crippen MR) is 98.0 cm³/mol. The van der Waals surface area contributed by atoms with E-state index < -0.39 is 24.9 Å². The van der Waals surface area contributed by atoms with Crippen LogP contribution in [0.5, 0.6) is 11.5 Å². The number of methoxy groups -OCH3 is 1. The summed E-state index contributed by atoms with van der Waals surface area (Å²) >= 11 is 5.77. The van der Waals surface area contributed by atoms with Crippen LogP contribution in [0.2, 0.25) is 5.02 Å². The molecule has 0 radical (unpaired) electrons. The molecule has 0 bridgehead atoms. The molecule has 10 heteroatoms. The molecule has 28 heavy (non-hydrogen) atoms. The van der Waals surface area contributed by atoms with Crippen LogP contribution in [0.25, 0.3) is 0 Å². The Balaban J connectivity index is 1.94. The maximum Gasteiger partial charge on any atom is 0.422 e. The third-order valence-electron chi connectivity index (χ3n) is 3.52. The van der Waals surface area contributed by atoms with E-state index in [0.29, 0.717) is 10.6 Å². The normalized spacial score (nSPS) is 12.2. The zero-order chi connectivity index (χ0) is 20.7. The lowest BCUT2D eigenvalue weighted by atomic mass is 10.1. The number of nitrogens with one attached hydrogen (secondary N) is 2. The molecule has 2 rings (SSSR count). The average molecular weight is 419 g/mol. The molecular formula is C18H18ClF3N2O4. The zero-order valence-corrected chi connectivity index (χ0v) is 15.5. The van der Waals surface area contributed by atoms with Crippen LogP contribution in [0.4, 0.5) is 23.7 Å². The second-order valence-corrected chi connectivity index (χ2v) is 6.11. The van der Waals surface area contributed by atoms with Crippen molar-refractivity contribution in [1.82, 2.24) is 5.32 Å². The SMILES string of the molecule is COc1ccc(NC(=O)NCC(O)c2ccc(Cl)cc2)cc1OCC(F)(F)F. The second-order valence-electron chi connectivity index (χ2n) is 5.67. The van der Waals surface area contributed by atoms with E-state index in [9.17, 15) is 23.1 Å². The number of carbonyl (C=O) groups excluding carboxylic acids is 1. The number of rotatable bonds is 7. The number of hydrogen-bond acceptors (Lipinski definition) is 4. The Morgan fingerprint density at radius 3 is 2.46 bits per heavy atom. The summed E-state index contributed by atoms with van der Waals surface area (Å²) < 4.78 is 46.7. The maximum atomic E-state index is 12.3. The minimum atomic E-state index is -4.51. The Morgan fingerprint density at radius 1 is 1.18 bits per heavy atom. The van der Waals surface area contributed by atoms with Gasteiger partial charge >= 0.3 is 12.2 Å². The fraction of sp³-hybridized carbons (Fsp3) is 0.278. The van der Waals surface area contributed by atoms with E-state index in [0.717, 1.165) is 0 Å². The van der Waals surface area contributed by atoms with Crippen molar-refractivity contribution in [2.24, 2.45) is 0 Å². The van der Waals surface area contributed by atoms with Crippen LogP contribution < -0.4 is 20.1 Å². The molecule has 1 unspecified atom stereocenters. The lowest BCUT2D eigenvalue weighted by molar-refractivity contribution is -0.153. The highest BCUT2D eigenvalue weighted by atomic mass is 35.5. The van der Waals surface area contributed by atoms with Gasteiger partial charge in [0.1, 0.15) is 0 Å². The molecule has 1 atom stereocenters. The number of carbonyl (C=O) groups is 1. The van der Waals surface area contributed by atoms with Gasteiger partial charge in [0.25, 0.3) is 0 Å². The molecule has 3 N–H and O–H groups in total. The van der Waals surface area contributed by atoms with E-state index in [1.807, 2.05) is 0 Å².